The lowest BCUT2D eigenvalue weighted by Gasteiger charge is -2.40. The molecule has 4 fully saturated rings. The third-order valence-corrected chi connectivity index (χ3v) is 11.3. The molecule has 3 heteroatoms. The van der Waals surface area contributed by atoms with Gasteiger partial charge in [0.2, 0.25) is 0 Å². The zero-order valence-corrected chi connectivity index (χ0v) is 15.1. The van der Waals surface area contributed by atoms with Crippen LogP contribution in [0, 0.1) is 23.7 Å². The summed E-state index contributed by atoms with van der Waals surface area (Å²) in [6, 6.07) is 0. The Bertz CT molecular complexity index is 399. The van der Waals surface area contributed by atoms with Crippen LogP contribution in [0.25, 0.3) is 0 Å². The molecule has 4 rings (SSSR count). The molecule has 0 aromatic heterocycles. The smallest absolute Gasteiger partial charge is 0.125 e. The molecule has 1 aliphatic heterocycles. The van der Waals surface area contributed by atoms with Crippen LogP contribution in [-0.4, -0.2) is 27.5 Å². The highest BCUT2D eigenvalue weighted by atomic mass is 28.3. The van der Waals surface area contributed by atoms with Crippen molar-refractivity contribution in [3.8, 4) is 0 Å². The van der Waals surface area contributed by atoms with Crippen LogP contribution in [0.5, 0.6) is 0 Å². The molecule has 1 saturated heterocycles. The van der Waals surface area contributed by atoms with Crippen LogP contribution in [-0.2, 0) is 4.74 Å². The number of fused-ring (bicyclic) bond motifs is 5. The molecule has 3 saturated carbocycles. The van der Waals surface area contributed by atoms with Crippen molar-refractivity contribution < 1.29 is 4.74 Å². The topological polar surface area (TPSA) is 21.3 Å². The first kappa shape index (κ1) is 14.7. The fraction of sp³-hybridized carbons (Fsp3) is 1.00. The van der Waals surface area contributed by atoms with Gasteiger partial charge in [-0.25, -0.2) is 0 Å². The van der Waals surface area contributed by atoms with Crippen molar-refractivity contribution in [2.24, 2.45) is 23.7 Å². The average molecular weight is 308 g/mol. The lowest BCUT2D eigenvalue weighted by molar-refractivity contribution is 0.0110. The molecule has 7 unspecified atom stereocenters. The summed E-state index contributed by atoms with van der Waals surface area (Å²) in [5.41, 5.74) is 0.864. The second kappa shape index (κ2) is 5.35. The van der Waals surface area contributed by atoms with Crippen molar-refractivity contribution in [1.82, 2.24) is 4.98 Å². The van der Waals surface area contributed by atoms with Gasteiger partial charge >= 0.3 is 0 Å². The molecule has 2 nitrogen and oxygen atoms in total. The molecule has 120 valence electrons. The number of hydrogen-bond acceptors (Lipinski definition) is 2. The summed E-state index contributed by atoms with van der Waals surface area (Å²) >= 11 is 0. The third-order valence-electron chi connectivity index (χ3n) is 7.62. The zero-order valence-electron chi connectivity index (χ0n) is 14.1. The first-order valence-corrected chi connectivity index (χ1v) is 12.6. The Labute approximate surface area is 131 Å². The van der Waals surface area contributed by atoms with Gasteiger partial charge in [0.1, 0.15) is 8.24 Å². The van der Waals surface area contributed by atoms with Crippen molar-refractivity contribution in [1.29, 1.82) is 0 Å². The van der Waals surface area contributed by atoms with Crippen molar-refractivity contribution in [3.05, 3.63) is 0 Å². The summed E-state index contributed by atoms with van der Waals surface area (Å²) in [6.45, 7) is 5.11. The van der Waals surface area contributed by atoms with Crippen molar-refractivity contribution >= 4 is 8.24 Å². The van der Waals surface area contributed by atoms with Gasteiger partial charge in [-0.15, -0.1) is 0 Å². The lowest BCUT2D eigenvalue weighted by atomic mass is 9.70. The first-order valence-electron chi connectivity index (χ1n) is 9.48. The van der Waals surface area contributed by atoms with Gasteiger partial charge < -0.3 is 9.72 Å². The van der Waals surface area contributed by atoms with Gasteiger partial charge in [0.15, 0.2) is 0 Å². The fourth-order valence-electron chi connectivity index (χ4n) is 6.62. The normalized spacial score (nSPS) is 49.6. The van der Waals surface area contributed by atoms with E-state index < -0.39 is 8.24 Å². The van der Waals surface area contributed by atoms with Gasteiger partial charge in [-0.3, -0.25) is 0 Å². The highest BCUT2D eigenvalue weighted by Crippen LogP contribution is 2.63. The van der Waals surface area contributed by atoms with Gasteiger partial charge in [-0.1, -0.05) is 45.2 Å². The van der Waals surface area contributed by atoms with E-state index in [1.54, 1.807) is 0 Å². The third kappa shape index (κ3) is 2.18. The van der Waals surface area contributed by atoms with Crippen LogP contribution >= 0.6 is 0 Å². The Balaban J connectivity index is 1.68. The van der Waals surface area contributed by atoms with Crippen molar-refractivity contribution in [2.45, 2.75) is 82.2 Å². The molecule has 3 aliphatic carbocycles. The van der Waals surface area contributed by atoms with Crippen LogP contribution in [0.3, 0.4) is 0 Å². The van der Waals surface area contributed by atoms with E-state index in [2.05, 4.69) is 25.1 Å². The molecule has 0 bridgehead atoms. The Morgan fingerprint density at radius 3 is 2.19 bits per heavy atom. The van der Waals surface area contributed by atoms with E-state index >= 15 is 0 Å². The number of nitrogens with one attached hydrogen (secondary N) is 1. The van der Waals surface area contributed by atoms with E-state index in [0.29, 0.717) is 12.2 Å². The molecule has 1 N–H and O–H groups in total. The van der Waals surface area contributed by atoms with E-state index in [0.717, 1.165) is 29.2 Å². The Morgan fingerprint density at radius 2 is 1.48 bits per heavy atom. The molecule has 0 aromatic carbocycles. The maximum Gasteiger partial charge on any atom is 0.125 e. The minimum Gasteiger partial charge on any atom is -0.374 e. The van der Waals surface area contributed by atoms with Crippen LogP contribution in [0.15, 0.2) is 0 Å². The fourth-order valence-corrected chi connectivity index (χ4v) is 9.56. The highest BCUT2D eigenvalue weighted by Gasteiger charge is 2.62. The summed E-state index contributed by atoms with van der Waals surface area (Å²) in [7, 11) is 0.830. The van der Waals surface area contributed by atoms with Gasteiger partial charge in [0, 0.05) is 0 Å². The van der Waals surface area contributed by atoms with Gasteiger partial charge in [0.05, 0.1) is 12.2 Å². The number of ether oxygens (including phenoxy) is 1. The quantitative estimate of drug-likeness (QED) is 0.773. The predicted octanol–water partition coefficient (Wildman–Crippen LogP) is 4.17. The number of rotatable bonds is 2. The zero-order chi connectivity index (χ0) is 14.6. The molecule has 0 radical (unpaired) electrons. The molecule has 1 heterocycles. The Morgan fingerprint density at radius 1 is 0.857 bits per heavy atom. The van der Waals surface area contributed by atoms with E-state index in [4.69, 9.17) is 4.74 Å². The summed E-state index contributed by atoms with van der Waals surface area (Å²) < 4.78 is 6.78. The van der Waals surface area contributed by atoms with Gasteiger partial charge in [-0.2, -0.15) is 0 Å². The van der Waals surface area contributed by atoms with Crippen LogP contribution < -0.4 is 4.98 Å². The standard InChI is InChI=1S/C18H33NOSi/c1-19-21(2,3)18-13-9-5-4-8-12(13)16-14-10-6-7-11-15(14)20-17(16)18/h12-19H,4-11H2,1-3H3. The molecule has 7 atom stereocenters. The SMILES string of the molecule is CN[Si](C)(C)C1C2CCCCC2C2C3CCCCC3OC21. The number of hydrogen-bond donors (Lipinski definition) is 1. The van der Waals surface area contributed by atoms with Crippen LogP contribution in [0.4, 0.5) is 0 Å². The average Bonchev–Trinajstić information content (AvgIpc) is 3.01. The Hall–Kier alpha value is 0.137. The monoisotopic (exact) mass is 307 g/mol. The molecule has 21 heavy (non-hydrogen) atoms. The second-order valence-corrected chi connectivity index (χ2v) is 13.4. The molecule has 4 aliphatic rings. The van der Waals surface area contributed by atoms with E-state index in [1.165, 1.54) is 51.4 Å². The predicted molar refractivity (Wildman–Crippen MR) is 89.8 cm³/mol. The molecule has 0 amide bonds. The summed E-state index contributed by atoms with van der Waals surface area (Å²) in [6.07, 6.45) is 12.9. The van der Waals surface area contributed by atoms with Crippen LogP contribution in [0.2, 0.25) is 18.6 Å². The van der Waals surface area contributed by atoms with E-state index in [9.17, 15) is 0 Å². The van der Waals surface area contributed by atoms with E-state index in [-0.39, 0.29) is 0 Å². The first-order chi connectivity index (χ1) is 10.1. The molecular weight excluding hydrogens is 274 g/mol. The van der Waals surface area contributed by atoms with Crippen molar-refractivity contribution in [2.75, 3.05) is 7.05 Å². The van der Waals surface area contributed by atoms with E-state index in [1.807, 2.05) is 0 Å². The molecular formula is C18H33NOSi. The summed E-state index contributed by atoms with van der Waals surface area (Å²) in [5.74, 6) is 3.82. The second-order valence-electron chi connectivity index (χ2n) is 8.77. The largest absolute Gasteiger partial charge is 0.374 e. The van der Waals surface area contributed by atoms with Gasteiger partial charge in [0.25, 0.3) is 0 Å². The maximum absolute atomic E-state index is 6.78. The van der Waals surface area contributed by atoms with Gasteiger partial charge in [-0.05, 0) is 55.5 Å². The minimum absolute atomic E-state index is 0.611. The minimum atomic E-state index is -1.38. The lowest BCUT2D eigenvalue weighted by Crippen LogP contribution is -2.51. The summed E-state index contributed by atoms with van der Waals surface area (Å²) in [4.78, 5) is 3.77. The summed E-state index contributed by atoms with van der Waals surface area (Å²) in [5, 5.41) is 0. The van der Waals surface area contributed by atoms with Crippen molar-refractivity contribution in [3.63, 3.8) is 0 Å². The molecule has 0 spiro atoms. The highest BCUT2D eigenvalue weighted by molar-refractivity contribution is 6.76. The van der Waals surface area contributed by atoms with Crippen LogP contribution in [0.1, 0.15) is 51.4 Å². The Kier molecular flexibility index (Phi) is 3.75. The molecule has 0 aromatic rings. The maximum atomic E-state index is 6.78.